The number of carbonyl (C=O) groups is 1. The zero-order valence-electron chi connectivity index (χ0n) is 15.6. The molecule has 0 aliphatic carbocycles. The van der Waals surface area contributed by atoms with E-state index in [1.807, 2.05) is 0 Å². The summed E-state index contributed by atoms with van der Waals surface area (Å²) < 4.78 is 38.6. The van der Waals surface area contributed by atoms with Crippen LogP contribution in [0.15, 0.2) is 18.2 Å². The van der Waals surface area contributed by atoms with E-state index in [-0.39, 0.29) is 16.5 Å². The van der Waals surface area contributed by atoms with E-state index >= 15 is 0 Å². The number of carbonyl (C=O) groups excluding carboxylic acids is 1. The Bertz CT molecular complexity index is 827. The molecule has 0 aromatic heterocycles. The molecule has 2 heterocycles. The molecule has 1 aromatic carbocycles. The SMILES string of the molecule is CC[C@]1(N2CCN(C(=O)c3ccc(F)c(Cl)c3)CC2)CCN(S(C)(=O)=O)C1. The first-order chi connectivity index (χ1) is 12.7. The van der Waals surface area contributed by atoms with E-state index < -0.39 is 15.8 Å². The van der Waals surface area contributed by atoms with E-state index in [1.165, 1.54) is 24.5 Å². The highest BCUT2D eigenvalue weighted by Crippen LogP contribution is 2.33. The monoisotopic (exact) mass is 417 g/mol. The number of sulfonamides is 1. The first-order valence-corrected chi connectivity index (χ1v) is 11.3. The molecule has 1 atom stereocenters. The molecule has 2 aliphatic rings. The highest BCUT2D eigenvalue weighted by atomic mass is 35.5. The number of rotatable bonds is 4. The van der Waals surface area contributed by atoms with Gasteiger partial charge in [0.05, 0.1) is 11.3 Å². The van der Waals surface area contributed by atoms with Crippen molar-refractivity contribution in [2.24, 2.45) is 0 Å². The quantitative estimate of drug-likeness (QED) is 0.752. The van der Waals surface area contributed by atoms with Crippen LogP contribution in [0, 0.1) is 5.82 Å². The molecule has 2 saturated heterocycles. The zero-order chi connectivity index (χ0) is 19.8. The van der Waals surface area contributed by atoms with Gasteiger partial charge >= 0.3 is 0 Å². The van der Waals surface area contributed by atoms with Crippen molar-refractivity contribution in [3.8, 4) is 0 Å². The number of amides is 1. The third kappa shape index (κ3) is 4.13. The smallest absolute Gasteiger partial charge is 0.253 e. The van der Waals surface area contributed by atoms with Gasteiger partial charge in [-0.25, -0.2) is 17.1 Å². The molecule has 1 amide bonds. The molecule has 1 aromatic rings. The second-order valence-corrected chi connectivity index (χ2v) is 9.72. The molecule has 9 heteroatoms. The predicted molar refractivity (Wildman–Crippen MR) is 103 cm³/mol. The maximum absolute atomic E-state index is 13.3. The number of hydrogen-bond donors (Lipinski definition) is 0. The third-order valence-corrected chi connectivity index (χ3v) is 7.37. The Hall–Kier alpha value is -1.22. The Balaban J connectivity index is 1.66. The number of benzene rings is 1. The fourth-order valence-corrected chi connectivity index (χ4v) is 5.15. The molecule has 27 heavy (non-hydrogen) atoms. The van der Waals surface area contributed by atoms with Crippen molar-refractivity contribution in [2.45, 2.75) is 25.3 Å². The van der Waals surface area contributed by atoms with E-state index in [0.29, 0.717) is 44.8 Å². The van der Waals surface area contributed by atoms with Crippen LogP contribution in [-0.2, 0) is 10.0 Å². The number of halogens is 2. The molecule has 0 radical (unpaired) electrons. The van der Waals surface area contributed by atoms with Crippen LogP contribution < -0.4 is 0 Å². The Morgan fingerprint density at radius 2 is 1.89 bits per heavy atom. The molecule has 150 valence electrons. The van der Waals surface area contributed by atoms with Crippen LogP contribution in [0.1, 0.15) is 30.1 Å². The summed E-state index contributed by atoms with van der Waals surface area (Å²) in [5.74, 6) is -0.703. The largest absolute Gasteiger partial charge is 0.336 e. The predicted octanol–water partition coefficient (Wildman–Crippen LogP) is 2.05. The molecule has 0 saturated carbocycles. The molecule has 0 unspecified atom stereocenters. The van der Waals surface area contributed by atoms with Crippen LogP contribution in [0.3, 0.4) is 0 Å². The summed E-state index contributed by atoms with van der Waals surface area (Å²) in [7, 11) is -3.19. The molecule has 3 rings (SSSR count). The topological polar surface area (TPSA) is 60.9 Å². The fourth-order valence-electron chi connectivity index (χ4n) is 4.07. The minimum atomic E-state index is -3.19. The lowest BCUT2D eigenvalue weighted by Crippen LogP contribution is -2.59. The number of piperazine rings is 1. The van der Waals surface area contributed by atoms with Gasteiger partial charge in [0, 0.05) is 50.4 Å². The van der Waals surface area contributed by atoms with Gasteiger partial charge < -0.3 is 4.90 Å². The Morgan fingerprint density at radius 1 is 1.22 bits per heavy atom. The lowest BCUT2D eigenvalue weighted by atomic mass is 9.92. The summed E-state index contributed by atoms with van der Waals surface area (Å²) in [6, 6.07) is 4.01. The van der Waals surface area contributed by atoms with Crippen molar-refractivity contribution in [1.29, 1.82) is 0 Å². The minimum Gasteiger partial charge on any atom is -0.336 e. The van der Waals surface area contributed by atoms with Gasteiger partial charge in [0.15, 0.2) is 0 Å². The van der Waals surface area contributed by atoms with Crippen LogP contribution in [0.25, 0.3) is 0 Å². The molecular formula is C18H25ClFN3O3S. The van der Waals surface area contributed by atoms with E-state index in [4.69, 9.17) is 11.6 Å². The maximum Gasteiger partial charge on any atom is 0.253 e. The van der Waals surface area contributed by atoms with E-state index in [0.717, 1.165) is 12.8 Å². The molecular weight excluding hydrogens is 393 g/mol. The summed E-state index contributed by atoms with van der Waals surface area (Å²) in [5, 5.41) is -0.0590. The van der Waals surface area contributed by atoms with Gasteiger partial charge in [-0.05, 0) is 31.0 Å². The van der Waals surface area contributed by atoms with Crippen molar-refractivity contribution in [2.75, 3.05) is 45.5 Å². The van der Waals surface area contributed by atoms with E-state index in [2.05, 4.69) is 11.8 Å². The van der Waals surface area contributed by atoms with Crippen LogP contribution in [0.2, 0.25) is 5.02 Å². The Labute approximate surface area is 164 Å². The second kappa shape index (κ2) is 7.66. The van der Waals surface area contributed by atoms with Gasteiger partial charge in [0.25, 0.3) is 5.91 Å². The second-order valence-electron chi connectivity index (χ2n) is 7.33. The zero-order valence-corrected chi connectivity index (χ0v) is 17.2. The Morgan fingerprint density at radius 3 is 2.41 bits per heavy atom. The summed E-state index contributed by atoms with van der Waals surface area (Å²) >= 11 is 5.79. The molecule has 6 nitrogen and oxygen atoms in total. The van der Waals surface area contributed by atoms with Crippen LogP contribution in [0.4, 0.5) is 4.39 Å². The standard InChI is InChI=1S/C18H25ClFN3O3S/c1-3-18(6-7-23(13-18)27(2,25)26)22-10-8-21(9-11-22)17(24)14-4-5-16(20)15(19)12-14/h4-5,12H,3,6-11,13H2,1-2H3/t18-/m0/s1. The molecule has 0 spiro atoms. The van der Waals surface area contributed by atoms with Gasteiger partial charge in [-0.15, -0.1) is 0 Å². The number of nitrogens with zero attached hydrogens (tertiary/aromatic N) is 3. The summed E-state index contributed by atoms with van der Waals surface area (Å²) in [6.45, 7) is 5.61. The average molecular weight is 418 g/mol. The lowest BCUT2D eigenvalue weighted by Gasteiger charge is -2.45. The molecule has 2 fully saturated rings. The van der Waals surface area contributed by atoms with Gasteiger partial charge in [0.2, 0.25) is 10.0 Å². The average Bonchev–Trinajstić information content (AvgIpc) is 3.10. The first kappa shape index (κ1) is 20.5. The minimum absolute atomic E-state index is 0.0590. The van der Waals surface area contributed by atoms with Gasteiger partial charge in [-0.3, -0.25) is 9.69 Å². The highest BCUT2D eigenvalue weighted by molar-refractivity contribution is 7.88. The first-order valence-electron chi connectivity index (χ1n) is 9.11. The fraction of sp³-hybridized carbons (Fsp3) is 0.611. The van der Waals surface area contributed by atoms with Crippen molar-refractivity contribution in [3.63, 3.8) is 0 Å². The molecule has 2 aliphatic heterocycles. The van der Waals surface area contributed by atoms with Crippen LogP contribution in [-0.4, -0.2) is 79.5 Å². The van der Waals surface area contributed by atoms with Crippen molar-refractivity contribution >= 4 is 27.5 Å². The van der Waals surface area contributed by atoms with E-state index in [1.54, 1.807) is 9.21 Å². The van der Waals surface area contributed by atoms with Crippen LogP contribution in [0.5, 0.6) is 0 Å². The summed E-state index contributed by atoms with van der Waals surface area (Å²) in [4.78, 5) is 16.7. The highest BCUT2D eigenvalue weighted by Gasteiger charge is 2.45. The van der Waals surface area contributed by atoms with E-state index in [9.17, 15) is 17.6 Å². The van der Waals surface area contributed by atoms with Gasteiger partial charge in [-0.1, -0.05) is 18.5 Å². The Kier molecular flexibility index (Phi) is 5.82. The molecule has 0 bridgehead atoms. The summed E-state index contributed by atoms with van der Waals surface area (Å²) in [6.07, 6.45) is 2.92. The van der Waals surface area contributed by atoms with Gasteiger partial charge in [-0.2, -0.15) is 0 Å². The third-order valence-electron chi connectivity index (χ3n) is 5.83. The normalized spacial score (nSPS) is 25.1. The van der Waals surface area contributed by atoms with Crippen molar-refractivity contribution in [3.05, 3.63) is 34.6 Å². The molecule has 0 N–H and O–H groups in total. The lowest BCUT2D eigenvalue weighted by molar-refractivity contribution is 0.0312. The maximum atomic E-state index is 13.3. The number of hydrogen-bond acceptors (Lipinski definition) is 4. The van der Waals surface area contributed by atoms with Gasteiger partial charge in [0.1, 0.15) is 5.82 Å². The summed E-state index contributed by atoms with van der Waals surface area (Å²) in [5.41, 5.74) is 0.210. The van der Waals surface area contributed by atoms with Crippen LogP contribution >= 0.6 is 11.6 Å². The van der Waals surface area contributed by atoms with Crippen molar-refractivity contribution in [1.82, 2.24) is 14.1 Å². The van der Waals surface area contributed by atoms with Crippen molar-refractivity contribution < 1.29 is 17.6 Å².